The summed E-state index contributed by atoms with van der Waals surface area (Å²) in [4.78, 5) is 245. The van der Waals surface area contributed by atoms with Crippen LogP contribution in [-0.4, -0.2) is 291 Å². The Labute approximate surface area is 751 Å². The van der Waals surface area contributed by atoms with Gasteiger partial charge in [0, 0.05) is 23.5 Å². The van der Waals surface area contributed by atoms with Crippen molar-refractivity contribution in [2.45, 2.75) is 136 Å². The zero-order valence-corrected chi connectivity index (χ0v) is 76.9. The molecule has 26 atom stereocenters. The molecule has 4 aromatic heterocycles. The number of hydrogen-bond donors (Lipinski definition) is 28. The molecular formula is C50H70F4N10O60P12. The first-order chi connectivity index (χ1) is 63.1. The molecule has 136 heavy (non-hydrogen) atoms. The van der Waals surface area contributed by atoms with Gasteiger partial charge in [0.05, 0.1) is 30.8 Å². The first-order valence-electron chi connectivity index (χ1n) is 35.9. The van der Waals surface area contributed by atoms with E-state index in [1.165, 1.54) is 6.92 Å². The number of H-pyrrole nitrogens is 4. The number of aliphatic hydroxyl groups is 8. The highest BCUT2D eigenvalue weighted by Gasteiger charge is 2.63. The first kappa shape index (κ1) is 113. The molecule has 70 nitrogen and oxygen atoms in total. The summed E-state index contributed by atoms with van der Waals surface area (Å²) in [7, 11) is -70.3. The van der Waals surface area contributed by atoms with E-state index in [4.69, 9.17) is 68.5 Å². The lowest BCUT2D eigenvalue weighted by Gasteiger charge is -2.28. The number of nitrogens with one attached hydrogen (secondary N) is 4. The van der Waals surface area contributed by atoms with Crippen LogP contribution in [0, 0.1) is 61.2 Å². The van der Waals surface area contributed by atoms with Gasteiger partial charge in [-0.3, -0.25) is 66.3 Å². The van der Waals surface area contributed by atoms with E-state index < -0.39 is 287 Å². The Morgan fingerprint density at radius 1 is 0.382 bits per heavy atom. The van der Waals surface area contributed by atoms with Crippen LogP contribution in [0.25, 0.3) is 0 Å². The fourth-order valence-electron chi connectivity index (χ4n) is 10.9. The monoisotopic (exact) mass is 2220 g/mol. The second-order valence-electron chi connectivity index (χ2n) is 25.6. The summed E-state index contributed by atoms with van der Waals surface area (Å²) in [5, 5.41) is 92.4. The van der Waals surface area contributed by atoms with Gasteiger partial charge in [0.15, 0.2) is 36.1 Å². The number of nitrogens with zero attached hydrogens (tertiary/aromatic N) is 6. The number of halogens is 4. The number of alkyl halides is 4. The van der Waals surface area contributed by atoms with Gasteiger partial charge in [-0.05, 0) is 27.7 Å². The lowest BCUT2D eigenvalue weighted by molar-refractivity contribution is -0.0933. The smallest absolute Gasteiger partial charge is 0.386 e. The molecule has 0 spiro atoms. The third-order valence-corrected chi connectivity index (χ3v) is 30.7. The maximum atomic E-state index is 12.7. The predicted octanol–water partition coefficient (Wildman–Crippen LogP) is -8.45. The highest BCUT2D eigenvalue weighted by Crippen LogP contribution is 2.70. The quantitative estimate of drug-likeness (QED) is 0.0123. The molecule has 12 unspecified atom stereocenters. The molecule has 4 aliphatic rings. The zero-order valence-electron chi connectivity index (χ0n) is 70.2. The van der Waals surface area contributed by atoms with Crippen LogP contribution in [0.5, 0.6) is 0 Å². The molecule has 4 aliphatic heterocycles. The number of aromatic nitrogens is 10. The lowest BCUT2D eigenvalue weighted by Crippen LogP contribution is -2.49. The molecule has 0 bridgehead atoms. The SMILES string of the molecule is C[C@H](OP(=O)(O)OP(=O)(O)OP(=O)(O)O)[C@H]1O[C@@H](n2ncc(=O)[nH]c2=O)C(O)(C#CCF)[C@H]1O.Cc1cc(=O)[nH]c(=O)n1[C@@H]1O[C@H]([C@H](C)OP(=O)(O)OP(=O)(O)OP(=O)(O)O)[C@H](O)C1(O)C#CCF.[2H]C([2H])(OP(=O)(O)OP(=O)(O)OP(=O)(O)O)[C@H]1O[C@@H](n2c(C)cc(=O)[nH]c2=O)C(O)(C#CCF)[C@H]1O.[2H]C([2H])(OP(=O)(O)OP(=O)(O)OP(=O)(O)O)[C@H]1O[C@@H](n2ncc(=O)[nH]c2=O)C(O)(C#CCF)[C@H]1O. The highest BCUT2D eigenvalue weighted by atomic mass is 31.3. The molecule has 28 N–H and O–H groups in total. The maximum Gasteiger partial charge on any atom is 0.490 e. The second kappa shape index (κ2) is 46.0. The van der Waals surface area contributed by atoms with E-state index in [-0.39, 0.29) is 16.1 Å². The van der Waals surface area contributed by atoms with Gasteiger partial charge in [-0.1, -0.05) is 47.4 Å². The van der Waals surface area contributed by atoms with Crippen molar-refractivity contribution in [2.24, 2.45) is 0 Å². The van der Waals surface area contributed by atoms with Crippen LogP contribution in [0.15, 0.2) is 62.9 Å². The summed E-state index contributed by atoms with van der Waals surface area (Å²) < 4.78 is 286. The van der Waals surface area contributed by atoms with Gasteiger partial charge >= 0.3 is 117 Å². The molecule has 4 saturated heterocycles. The molecule has 768 valence electrons. The van der Waals surface area contributed by atoms with E-state index in [0.29, 0.717) is 26.2 Å². The topological polar surface area (TPSA) is 1080 Å². The van der Waals surface area contributed by atoms with E-state index in [1.54, 1.807) is 38.6 Å². The van der Waals surface area contributed by atoms with Gasteiger partial charge in [-0.25, -0.2) is 91.5 Å². The molecular weight excluding hydrogens is 2150 g/mol. The fraction of sp³-hybridized carbons (Fsp3) is 0.560. The number of phosphoric ester groups is 4. The van der Waals surface area contributed by atoms with E-state index in [2.05, 4.69) is 62.8 Å². The van der Waals surface area contributed by atoms with Gasteiger partial charge in [-0.2, -0.15) is 54.0 Å². The Kier molecular flexibility index (Phi) is 38.3. The van der Waals surface area contributed by atoms with Crippen LogP contribution in [0.3, 0.4) is 0 Å². The number of aryl methyl sites for hydroxylation is 2. The molecule has 86 heteroatoms. The average molecular weight is 2220 g/mol. The van der Waals surface area contributed by atoms with Crippen LogP contribution in [-0.2, 0) is 126 Å². The lowest BCUT2D eigenvalue weighted by atomic mass is 9.92. The summed E-state index contributed by atoms with van der Waals surface area (Å²) in [6.45, 7) is -8.78. The number of hydrogen-bond acceptors (Lipinski definition) is 46. The Morgan fingerprint density at radius 3 is 0.904 bits per heavy atom. The third-order valence-electron chi connectivity index (χ3n) is 15.5. The minimum absolute atomic E-state index is 0.0994. The van der Waals surface area contributed by atoms with Crippen LogP contribution >= 0.6 is 93.9 Å². The van der Waals surface area contributed by atoms with Gasteiger partial charge in [0.2, 0.25) is 11.2 Å². The zero-order chi connectivity index (χ0) is 108. The summed E-state index contributed by atoms with van der Waals surface area (Å²) in [5.41, 5.74) is -20.7. The van der Waals surface area contributed by atoms with Crippen LogP contribution < -0.4 is 45.0 Å². The van der Waals surface area contributed by atoms with Crippen molar-refractivity contribution >= 4 is 93.9 Å². The Morgan fingerprint density at radius 2 is 0.625 bits per heavy atom. The Hall–Kier alpha value is -6.30. The van der Waals surface area contributed by atoms with Crippen molar-refractivity contribution in [2.75, 3.05) is 39.8 Å². The maximum absolute atomic E-state index is 12.7. The van der Waals surface area contributed by atoms with Crippen molar-refractivity contribution in [3.63, 3.8) is 0 Å². The molecule has 4 aromatic rings. The van der Waals surface area contributed by atoms with E-state index in [1.807, 2.05) is 28.7 Å². The van der Waals surface area contributed by atoms with E-state index in [9.17, 15) is 186 Å². The van der Waals surface area contributed by atoms with Crippen LogP contribution in [0.4, 0.5) is 17.6 Å². The normalized spacial score (nSPS) is 29.6. The summed E-state index contributed by atoms with van der Waals surface area (Å²) in [5.74, 6) is 14.6. The largest absolute Gasteiger partial charge is 0.490 e. The predicted molar refractivity (Wildman–Crippen MR) is 413 cm³/mol. The number of phosphoric acid groups is 12. The van der Waals surface area contributed by atoms with Crippen molar-refractivity contribution in [1.82, 2.24) is 48.6 Å². The summed E-state index contributed by atoms with van der Waals surface area (Å²) in [6.07, 6.45) is -29.7. The van der Waals surface area contributed by atoms with Crippen molar-refractivity contribution < 1.29 is 268 Å². The fourth-order valence-corrected chi connectivity index (χ4v) is 23.0. The standard InChI is InChI=1S/C14H20FN2O15P3.C13H18FN2O15P3.C12H17FN3O15P3.C11H15FN3O15P3/c1-7-6-9(18)16-13(20)17(7)12-14(21,4-3-5-15)11(19)10(29-12)8(2)30-34(25,26)32-35(27,28)31-33(22,23)24;1-7-5-9(17)15-12(19)16(7)11-13(20,3-2-4-14)10(18)8(29-11)6-28-33(24,25)31-34(26,27)30-32(21,22)23;1-6(29-33(24,25)31-34(26,27)30-32(21,22)23)8-9(18)12(20,3-2-4-13)10(28-8)16-11(19)15-7(17)5-14-16;12-3-1-2-11(19)8(17)6(28-9(11)15-10(18)14-7(16)4-13-15)5-27-32(23,24)30-33(25,26)29-31(20,21)22/h6,8,10-12,19,21H,5H2,1-2H3,(H,25,26)(H,27,28)(H,16,18,20)(H2,22,23,24);5,8,10-11,18,20H,4,6H2,1H3,(H,24,25)(H,26,27)(H,15,17,19)(H2,21,22,23);5-6,8-10,18,20H,4H2,1H3,(H,24,25)(H,26,27)(H,15,17,19)(H2,21,22,23);4,6,8-9,17,19H,3,5H2,(H,23,24)(H,25,26)(H,14,16,18)(H2,20,21,22)/t8-,10+,11-,12+,14?;8-,10+,11-,13?;6-,8+,9-,10+,12?;6-,8+,9-,11?/m0101/s1/i;6D2;;5D2. The van der Waals surface area contributed by atoms with Crippen molar-refractivity contribution in [3.8, 4) is 47.4 Å². The number of aliphatic hydroxyl groups excluding tert-OH is 4. The third kappa shape index (κ3) is 34.0. The molecule has 0 saturated carbocycles. The Balaban J connectivity index is 0.000000329. The summed E-state index contributed by atoms with van der Waals surface area (Å²) in [6, 6.07) is 1.75. The van der Waals surface area contributed by atoms with Crippen molar-refractivity contribution in [3.05, 3.63) is 119 Å². The summed E-state index contributed by atoms with van der Waals surface area (Å²) >= 11 is 0. The number of rotatable bonds is 32. The number of aromatic amines is 4. The van der Waals surface area contributed by atoms with Crippen molar-refractivity contribution in [1.29, 1.82) is 0 Å². The molecule has 8 rings (SSSR count). The van der Waals surface area contributed by atoms with Gasteiger partial charge in [0.25, 0.3) is 22.2 Å². The minimum Gasteiger partial charge on any atom is -0.386 e. The highest BCUT2D eigenvalue weighted by molar-refractivity contribution is 7.68. The minimum atomic E-state index is -6.13. The van der Waals surface area contributed by atoms with Gasteiger partial charge < -0.3 is 138 Å². The molecule has 0 aliphatic carbocycles. The molecule has 4 fully saturated rings. The average Bonchev–Trinajstić information content (AvgIpc) is 1.59. The molecule has 8 heterocycles. The molecule has 0 radical (unpaired) electrons. The second-order valence-corrected chi connectivity index (χ2v) is 43.1. The van der Waals surface area contributed by atoms with E-state index in [0.717, 1.165) is 32.9 Å². The Bertz CT molecular complexity index is 6700. The van der Waals surface area contributed by atoms with Gasteiger partial charge in [0.1, 0.15) is 87.9 Å². The number of ether oxygens (including phenoxy) is 4. The van der Waals surface area contributed by atoms with Gasteiger partial charge in [-0.15, -0.1) is 0 Å². The van der Waals surface area contributed by atoms with Crippen LogP contribution in [0.2, 0.25) is 0 Å². The molecule has 0 aromatic carbocycles. The van der Waals surface area contributed by atoms with Crippen LogP contribution in [0.1, 0.15) is 55.6 Å². The molecule has 0 amide bonds. The van der Waals surface area contributed by atoms with E-state index >= 15 is 0 Å². The first-order valence-corrected chi connectivity index (χ1v) is 52.0.